The molecule has 1 aliphatic carbocycles. The fourth-order valence-electron chi connectivity index (χ4n) is 3.71. The lowest BCUT2D eigenvalue weighted by molar-refractivity contribution is -0.115. The molecule has 1 aliphatic rings. The number of hydrogen-bond acceptors (Lipinski definition) is 5. The average Bonchev–Trinajstić information content (AvgIpc) is 3.09. The van der Waals surface area contributed by atoms with Crippen molar-refractivity contribution in [2.45, 2.75) is 52.9 Å². The number of carbonyl (C=O) groups is 2. The van der Waals surface area contributed by atoms with E-state index in [9.17, 15) is 9.59 Å². The number of amides is 1. The van der Waals surface area contributed by atoms with Crippen LogP contribution in [0.2, 0.25) is 0 Å². The number of thiophene rings is 1. The van der Waals surface area contributed by atoms with Crippen LogP contribution in [0.25, 0.3) is 6.08 Å². The van der Waals surface area contributed by atoms with Gasteiger partial charge in [0.1, 0.15) is 5.00 Å². The highest BCUT2D eigenvalue weighted by atomic mass is 32.1. The largest absolute Gasteiger partial charge is 0.462 e. The van der Waals surface area contributed by atoms with Crippen molar-refractivity contribution in [2.75, 3.05) is 11.9 Å². The van der Waals surface area contributed by atoms with Gasteiger partial charge in [0.15, 0.2) is 5.11 Å². The van der Waals surface area contributed by atoms with Crippen LogP contribution in [0.15, 0.2) is 30.3 Å². The molecule has 32 heavy (non-hydrogen) atoms. The molecule has 2 aromatic rings. The first-order chi connectivity index (χ1) is 15.3. The van der Waals surface area contributed by atoms with Crippen molar-refractivity contribution < 1.29 is 14.3 Å². The van der Waals surface area contributed by atoms with Gasteiger partial charge in [0.25, 0.3) is 0 Å². The van der Waals surface area contributed by atoms with E-state index in [1.807, 2.05) is 12.1 Å². The molecular weight excluding hydrogens is 440 g/mol. The molecule has 5 nitrogen and oxygen atoms in total. The Labute approximate surface area is 199 Å². The van der Waals surface area contributed by atoms with Crippen LogP contribution < -0.4 is 10.6 Å². The van der Waals surface area contributed by atoms with Gasteiger partial charge in [-0.2, -0.15) is 0 Å². The quantitative estimate of drug-likeness (QED) is 0.322. The number of esters is 1. The summed E-state index contributed by atoms with van der Waals surface area (Å²) in [6.45, 7) is 8.60. The Hall–Kier alpha value is -2.51. The Kier molecular flexibility index (Phi) is 8.21. The molecule has 1 unspecified atom stereocenters. The minimum atomic E-state index is -0.346. The van der Waals surface area contributed by atoms with Gasteiger partial charge >= 0.3 is 5.97 Å². The first kappa shape index (κ1) is 24.1. The summed E-state index contributed by atoms with van der Waals surface area (Å²) < 4.78 is 5.28. The SMILES string of the molecule is CCOC(=O)c1c(NC(=S)NC(=O)C=Cc2ccc(C(C)C)cc2)sc2c1CCC(C)C2. The summed E-state index contributed by atoms with van der Waals surface area (Å²) in [6.07, 6.45) is 6.02. The number of benzene rings is 1. The van der Waals surface area contributed by atoms with Gasteiger partial charge in [-0.25, -0.2) is 4.79 Å². The van der Waals surface area contributed by atoms with E-state index in [2.05, 4.69) is 43.5 Å². The van der Waals surface area contributed by atoms with Crippen LogP contribution in [-0.4, -0.2) is 23.6 Å². The van der Waals surface area contributed by atoms with Crippen LogP contribution in [0.1, 0.15) is 72.0 Å². The van der Waals surface area contributed by atoms with Crippen LogP contribution >= 0.6 is 23.6 Å². The Morgan fingerprint density at radius 1 is 1.28 bits per heavy atom. The topological polar surface area (TPSA) is 67.4 Å². The number of carbonyl (C=O) groups excluding carboxylic acids is 2. The van der Waals surface area contributed by atoms with Crippen LogP contribution in [0.4, 0.5) is 5.00 Å². The summed E-state index contributed by atoms with van der Waals surface area (Å²) in [5, 5.41) is 6.52. The van der Waals surface area contributed by atoms with E-state index >= 15 is 0 Å². The van der Waals surface area contributed by atoms with Crippen molar-refractivity contribution >= 4 is 51.6 Å². The van der Waals surface area contributed by atoms with Gasteiger partial charge in [-0.05, 0) is 73.0 Å². The summed E-state index contributed by atoms with van der Waals surface area (Å²) in [4.78, 5) is 26.1. The Balaban J connectivity index is 1.67. The molecule has 1 heterocycles. The smallest absolute Gasteiger partial charge is 0.341 e. The fourth-order valence-corrected chi connectivity index (χ4v) is 5.38. The molecule has 2 N–H and O–H groups in total. The Bertz CT molecular complexity index is 1020. The van der Waals surface area contributed by atoms with Crippen molar-refractivity contribution in [3.8, 4) is 0 Å². The van der Waals surface area contributed by atoms with Crippen LogP contribution in [0.3, 0.4) is 0 Å². The molecule has 0 aliphatic heterocycles. The molecule has 7 heteroatoms. The van der Waals surface area contributed by atoms with Crippen molar-refractivity contribution in [1.82, 2.24) is 5.32 Å². The van der Waals surface area contributed by atoms with E-state index in [1.54, 1.807) is 13.0 Å². The van der Waals surface area contributed by atoms with Crippen LogP contribution in [-0.2, 0) is 22.4 Å². The highest BCUT2D eigenvalue weighted by Crippen LogP contribution is 2.40. The van der Waals surface area contributed by atoms with E-state index in [0.29, 0.717) is 29.0 Å². The third-order valence-electron chi connectivity index (χ3n) is 5.49. The number of ether oxygens (including phenoxy) is 1. The Morgan fingerprint density at radius 2 is 2.00 bits per heavy atom. The zero-order valence-electron chi connectivity index (χ0n) is 19.0. The van der Waals surface area contributed by atoms with Crippen LogP contribution in [0, 0.1) is 5.92 Å². The Morgan fingerprint density at radius 3 is 2.66 bits per heavy atom. The first-order valence-electron chi connectivity index (χ1n) is 11.0. The third kappa shape index (κ3) is 6.04. The second-order valence-corrected chi connectivity index (χ2v) is 9.89. The number of anilines is 1. The van der Waals surface area contributed by atoms with E-state index in [4.69, 9.17) is 17.0 Å². The molecule has 1 amide bonds. The maximum atomic E-state index is 12.6. The molecule has 1 aromatic heterocycles. The second kappa shape index (κ2) is 10.9. The molecule has 0 saturated carbocycles. The lowest BCUT2D eigenvalue weighted by Gasteiger charge is -2.18. The van der Waals surface area contributed by atoms with Gasteiger partial charge in [0, 0.05) is 11.0 Å². The zero-order chi connectivity index (χ0) is 23.3. The second-order valence-electron chi connectivity index (χ2n) is 8.37. The predicted molar refractivity (Wildman–Crippen MR) is 135 cm³/mol. The van der Waals surface area contributed by atoms with Crippen LogP contribution in [0.5, 0.6) is 0 Å². The summed E-state index contributed by atoms with van der Waals surface area (Å²) >= 11 is 6.86. The number of rotatable bonds is 6. The number of nitrogens with one attached hydrogen (secondary N) is 2. The number of hydrogen-bond donors (Lipinski definition) is 2. The number of fused-ring (bicyclic) bond motifs is 1. The minimum absolute atomic E-state index is 0.159. The van der Waals surface area contributed by atoms with Crippen molar-refractivity contribution in [2.24, 2.45) is 5.92 Å². The standard InChI is InChI=1S/C25H30N2O3S2/c1-5-30-24(29)22-19-12-6-16(4)14-20(19)32-23(22)27-25(31)26-21(28)13-9-17-7-10-18(11-8-17)15(2)3/h7-11,13,15-16H,5-6,12,14H2,1-4H3,(H2,26,27,28,31). The van der Waals surface area contributed by atoms with Crippen molar-refractivity contribution in [3.05, 3.63) is 57.5 Å². The van der Waals surface area contributed by atoms with E-state index in [-0.39, 0.29) is 17.0 Å². The lowest BCUT2D eigenvalue weighted by atomic mass is 9.88. The average molecular weight is 471 g/mol. The molecule has 0 spiro atoms. The summed E-state index contributed by atoms with van der Waals surface area (Å²) in [6, 6.07) is 8.09. The molecule has 0 bridgehead atoms. The molecule has 0 saturated heterocycles. The molecule has 3 rings (SSSR count). The molecule has 1 aromatic carbocycles. The van der Waals surface area contributed by atoms with E-state index < -0.39 is 0 Å². The lowest BCUT2D eigenvalue weighted by Crippen LogP contribution is -2.33. The maximum absolute atomic E-state index is 12.6. The van der Waals surface area contributed by atoms with Gasteiger partial charge in [-0.3, -0.25) is 10.1 Å². The third-order valence-corrected chi connectivity index (χ3v) is 6.86. The highest BCUT2D eigenvalue weighted by molar-refractivity contribution is 7.80. The van der Waals surface area contributed by atoms with Crippen molar-refractivity contribution in [1.29, 1.82) is 0 Å². The maximum Gasteiger partial charge on any atom is 0.341 e. The van der Waals surface area contributed by atoms with Gasteiger partial charge in [0.05, 0.1) is 12.2 Å². The van der Waals surface area contributed by atoms with E-state index in [0.717, 1.165) is 30.4 Å². The minimum Gasteiger partial charge on any atom is -0.462 e. The predicted octanol–water partition coefficient (Wildman–Crippen LogP) is 5.70. The molecule has 0 radical (unpaired) electrons. The van der Waals surface area contributed by atoms with Gasteiger partial charge in [-0.15, -0.1) is 11.3 Å². The number of thiocarbonyl (C=S) groups is 1. The van der Waals surface area contributed by atoms with E-state index in [1.165, 1.54) is 27.9 Å². The molecule has 1 atom stereocenters. The fraction of sp³-hybridized carbons (Fsp3) is 0.400. The molecule has 170 valence electrons. The highest BCUT2D eigenvalue weighted by Gasteiger charge is 2.28. The summed E-state index contributed by atoms with van der Waals surface area (Å²) in [5.74, 6) is 0.366. The summed E-state index contributed by atoms with van der Waals surface area (Å²) in [5.41, 5.74) is 3.79. The van der Waals surface area contributed by atoms with Gasteiger partial charge < -0.3 is 10.1 Å². The summed E-state index contributed by atoms with van der Waals surface area (Å²) in [7, 11) is 0. The van der Waals surface area contributed by atoms with Crippen molar-refractivity contribution in [3.63, 3.8) is 0 Å². The first-order valence-corrected chi connectivity index (χ1v) is 12.2. The zero-order valence-corrected chi connectivity index (χ0v) is 20.6. The molecular formula is C25H30N2O3S2. The molecule has 0 fully saturated rings. The van der Waals surface area contributed by atoms with Gasteiger partial charge in [0.2, 0.25) is 5.91 Å². The monoisotopic (exact) mass is 470 g/mol. The normalized spacial score (nSPS) is 15.5. The van der Waals surface area contributed by atoms with Gasteiger partial charge in [-0.1, -0.05) is 45.0 Å².